The van der Waals surface area contributed by atoms with E-state index in [0.29, 0.717) is 0 Å². The van der Waals surface area contributed by atoms with E-state index < -0.39 is 0 Å². The van der Waals surface area contributed by atoms with E-state index in [2.05, 4.69) is 19.6 Å². The minimum atomic E-state index is 0.820. The number of fused-ring (bicyclic) bond motifs is 1. The van der Waals surface area contributed by atoms with Crippen LogP contribution in [0.5, 0.6) is 0 Å². The summed E-state index contributed by atoms with van der Waals surface area (Å²) in [6.07, 6.45) is 10.8. The molecule has 1 unspecified atom stereocenters. The highest BCUT2D eigenvalue weighted by Gasteiger charge is 2.26. The Bertz CT molecular complexity index is 234. The normalized spacial score (nSPS) is 26.3. The largest absolute Gasteiger partial charge is 0.0999 e. The van der Waals surface area contributed by atoms with Crippen molar-refractivity contribution in [3.05, 3.63) is 23.8 Å². The topological polar surface area (TPSA) is 0 Å². The van der Waals surface area contributed by atoms with Crippen LogP contribution in [0.1, 0.15) is 73.1 Å². The van der Waals surface area contributed by atoms with Gasteiger partial charge in [-0.15, -0.1) is 0 Å². The molecule has 0 N–H and O–H groups in total. The van der Waals surface area contributed by atoms with Crippen molar-refractivity contribution in [3.8, 4) is 0 Å². The van der Waals surface area contributed by atoms with Crippen LogP contribution in [0.2, 0.25) is 0 Å². The Labute approximate surface area is 109 Å². The summed E-state index contributed by atoms with van der Waals surface area (Å²) >= 11 is 0. The van der Waals surface area contributed by atoms with Crippen molar-refractivity contribution in [3.63, 3.8) is 0 Å². The molecule has 0 radical (unpaired) electrons. The molecule has 2 aliphatic carbocycles. The Morgan fingerprint density at radius 3 is 2.41 bits per heavy atom. The van der Waals surface area contributed by atoms with Crippen LogP contribution < -0.4 is 0 Å². The molecule has 1 saturated carbocycles. The first-order chi connectivity index (χ1) is 8.27. The standard InChI is InChI=1S/C13H20.2C2H6/c1-10(2)12-8-7-11-5-3-4-6-13(11)9-12;2*1-2/h5,12-13H,1,3-4,6-9H2,2H3;2*1-2H3/t12-,13?;;/m1../s1. The SMILES string of the molecule is C=C(C)[C@@H]1CCC2=CCCCC2C1.CC.CC. The highest BCUT2D eigenvalue weighted by molar-refractivity contribution is 5.15. The van der Waals surface area contributed by atoms with Crippen molar-refractivity contribution in [2.45, 2.75) is 73.1 Å². The van der Waals surface area contributed by atoms with Crippen molar-refractivity contribution in [2.24, 2.45) is 11.8 Å². The summed E-state index contributed by atoms with van der Waals surface area (Å²) in [5, 5.41) is 0. The minimum Gasteiger partial charge on any atom is -0.0999 e. The van der Waals surface area contributed by atoms with Crippen molar-refractivity contribution in [1.82, 2.24) is 0 Å². The first kappa shape index (κ1) is 16.5. The third kappa shape index (κ3) is 5.10. The van der Waals surface area contributed by atoms with Gasteiger partial charge in [-0.25, -0.2) is 0 Å². The van der Waals surface area contributed by atoms with E-state index in [9.17, 15) is 0 Å². The number of hydrogen-bond acceptors (Lipinski definition) is 0. The smallest absolute Gasteiger partial charge is 0.0197 e. The zero-order valence-electron chi connectivity index (χ0n) is 12.7. The molecule has 0 nitrogen and oxygen atoms in total. The van der Waals surface area contributed by atoms with Gasteiger partial charge in [0.2, 0.25) is 0 Å². The predicted octanol–water partition coefficient (Wildman–Crippen LogP) is 6.14. The summed E-state index contributed by atoms with van der Waals surface area (Å²) in [7, 11) is 0. The predicted molar refractivity (Wildman–Crippen MR) is 80.3 cm³/mol. The molecule has 0 saturated heterocycles. The second-order valence-electron chi connectivity index (χ2n) is 4.72. The monoisotopic (exact) mass is 236 g/mol. The summed E-state index contributed by atoms with van der Waals surface area (Å²) in [4.78, 5) is 0. The lowest BCUT2D eigenvalue weighted by atomic mass is 9.71. The van der Waals surface area contributed by atoms with E-state index in [1.54, 1.807) is 5.57 Å². The molecule has 0 spiro atoms. The maximum Gasteiger partial charge on any atom is -0.0197 e. The zero-order chi connectivity index (χ0) is 13.3. The van der Waals surface area contributed by atoms with E-state index in [1.165, 1.54) is 44.1 Å². The van der Waals surface area contributed by atoms with Crippen LogP contribution in [-0.2, 0) is 0 Å². The fourth-order valence-corrected chi connectivity index (χ4v) is 2.83. The van der Waals surface area contributed by atoms with Crippen molar-refractivity contribution in [1.29, 1.82) is 0 Å². The lowest BCUT2D eigenvalue weighted by molar-refractivity contribution is 0.337. The maximum absolute atomic E-state index is 4.10. The van der Waals surface area contributed by atoms with E-state index in [-0.39, 0.29) is 0 Å². The first-order valence-corrected chi connectivity index (χ1v) is 7.61. The van der Waals surface area contributed by atoms with Crippen molar-refractivity contribution >= 4 is 0 Å². The third-order valence-corrected chi connectivity index (χ3v) is 3.74. The third-order valence-electron chi connectivity index (χ3n) is 3.74. The average molecular weight is 236 g/mol. The molecule has 2 aliphatic rings. The average Bonchev–Trinajstić information content (AvgIpc) is 2.42. The molecule has 0 amide bonds. The van der Waals surface area contributed by atoms with Gasteiger partial charge in [0.1, 0.15) is 0 Å². The summed E-state index contributed by atoms with van der Waals surface area (Å²) in [5.41, 5.74) is 3.17. The number of rotatable bonds is 1. The molecule has 2 atom stereocenters. The van der Waals surface area contributed by atoms with Gasteiger partial charge in [-0.05, 0) is 57.3 Å². The minimum absolute atomic E-state index is 0.820. The van der Waals surface area contributed by atoms with Crippen LogP contribution in [-0.4, -0.2) is 0 Å². The Balaban J connectivity index is 0.000000581. The Kier molecular flexibility index (Phi) is 9.21. The quantitative estimate of drug-likeness (QED) is 0.480. The first-order valence-electron chi connectivity index (χ1n) is 7.61. The van der Waals surface area contributed by atoms with Crippen molar-refractivity contribution < 1.29 is 0 Å². The van der Waals surface area contributed by atoms with Gasteiger partial charge in [-0.2, -0.15) is 0 Å². The van der Waals surface area contributed by atoms with Gasteiger partial charge in [-0.1, -0.05) is 51.5 Å². The fraction of sp³-hybridized carbons (Fsp3) is 0.765. The van der Waals surface area contributed by atoms with Gasteiger partial charge < -0.3 is 0 Å². The van der Waals surface area contributed by atoms with Crippen LogP contribution in [0.25, 0.3) is 0 Å². The van der Waals surface area contributed by atoms with E-state index in [4.69, 9.17) is 0 Å². The Morgan fingerprint density at radius 2 is 1.82 bits per heavy atom. The summed E-state index contributed by atoms with van der Waals surface area (Å²) < 4.78 is 0. The molecule has 0 heteroatoms. The molecule has 17 heavy (non-hydrogen) atoms. The molecular weight excluding hydrogens is 204 g/mol. The molecule has 1 fully saturated rings. The molecule has 2 rings (SSSR count). The van der Waals surface area contributed by atoms with E-state index in [0.717, 1.165) is 11.8 Å². The van der Waals surface area contributed by atoms with Gasteiger partial charge in [-0.3, -0.25) is 0 Å². The Morgan fingerprint density at radius 1 is 1.18 bits per heavy atom. The van der Waals surface area contributed by atoms with Crippen molar-refractivity contribution in [2.75, 3.05) is 0 Å². The van der Waals surface area contributed by atoms with Crippen LogP contribution >= 0.6 is 0 Å². The summed E-state index contributed by atoms with van der Waals surface area (Å²) in [6, 6.07) is 0. The second kappa shape index (κ2) is 9.50. The van der Waals surface area contributed by atoms with Gasteiger partial charge in [0, 0.05) is 0 Å². The van der Waals surface area contributed by atoms with Gasteiger partial charge >= 0.3 is 0 Å². The zero-order valence-corrected chi connectivity index (χ0v) is 12.7. The Hall–Kier alpha value is -0.520. The molecule has 0 aliphatic heterocycles. The molecule has 0 bridgehead atoms. The second-order valence-corrected chi connectivity index (χ2v) is 4.72. The highest BCUT2D eigenvalue weighted by atomic mass is 14.3. The molecule has 0 aromatic carbocycles. The fourth-order valence-electron chi connectivity index (χ4n) is 2.83. The lowest BCUT2D eigenvalue weighted by Gasteiger charge is -2.34. The van der Waals surface area contributed by atoms with E-state index >= 15 is 0 Å². The molecule has 0 aromatic heterocycles. The van der Waals surface area contributed by atoms with Gasteiger partial charge in [0.15, 0.2) is 0 Å². The van der Waals surface area contributed by atoms with Crippen LogP contribution in [0.15, 0.2) is 23.8 Å². The molecule has 100 valence electrons. The van der Waals surface area contributed by atoms with Gasteiger partial charge in [0.05, 0.1) is 0 Å². The molecule has 0 aromatic rings. The molecule has 0 heterocycles. The lowest BCUT2D eigenvalue weighted by Crippen LogP contribution is -2.20. The van der Waals surface area contributed by atoms with Crippen LogP contribution in [0.3, 0.4) is 0 Å². The van der Waals surface area contributed by atoms with Crippen LogP contribution in [0, 0.1) is 11.8 Å². The summed E-state index contributed by atoms with van der Waals surface area (Å²) in [6.45, 7) is 14.3. The number of allylic oxidation sites excluding steroid dienone is 3. The highest BCUT2D eigenvalue weighted by Crippen LogP contribution is 2.41. The van der Waals surface area contributed by atoms with E-state index in [1.807, 2.05) is 27.7 Å². The van der Waals surface area contributed by atoms with Crippen LogP contribution in [0.4, 0.5) is 0 Å². The maximum atomic E-state index is 4.10. The number of hydrogen-bond donors (Lipinski definition) is 0. The summed E-state index contributed by atoms with van der Waals surface area (Å²) in [5.74, 6) is 1.74. The molecular formula is C17H32. The van der Waals surface area contributed by atoms with Gasteiger partial charge in [0.25, 0.3) is 0 Å².